The fourth-order valence-corrected chi connectivity index (χ4v) is 1.50. The molecule has 0 radical (unpaired) electrons. The number of benzene rings is 1. The van der Waals surface area contributed by atoms with E-state index in [0.717, 1.165) is 12.1 Å². The number of nitro benzene ring substituents is 1. The quantitative estimate of drug-likeness (QED) is 0.469. The fraction of sp³-hybridized carbons (Fsp3) is 0.300. The molecule has 1 rings (SSSR count). The molecule has 0 unspecified atom stereocenters. The monoisotopic (exact) mass is 341 g/mol. The molecule has 0 amide bonds. The lowest BCUT2D eigenvalue weighted by molar-refractivity contribution is -0.388. The molecule has 0 bridgehead atoms. The van der Waals surface area contributed by atoms with Gasteiger partial charge in [0.2, 0.25) is 5.75 Å². The first-order valence-electron chi connectivity index (χ1n) is 4.83. The van der Waals surface area contributed by atoms with Gasteiger partial charge in [0.15, 0.2) is 0 Å². The van der Waals surface area contributed by atoms with Crippen LogP contribution in [0.3, 0.4) is 0 Å². The highest BCUT2D eigenvalue weighted by Gasteiger charge is 2.34. The Kier molecular flexibility index (Phi) is 4.87. The highest BCUT2D eigenvalue weighted by atomic mass is 79.9. The molecule has 0 spiro atoms. The van der Waals surface area contributed by atoms with E-state index in [2.05, 4.69) is 20.7 Å². The smallest absolute Gasteiger partial charge is 0.398 e. The van der Waals surface area contributed by atoms with E-state index in [0.29, 0.717) is 0 Å². The summed E-state index contributed by atoms with van der Waals surface area (Å²) >= 11 is 2.92. The van der Waals surface area contributed by atoms with Crippen molar-refractivity contribution in [3.63, 3.8) is 0 Å². The second-order valence-corrected chi connectivity index (χ2v) is 4.02. The van der Waals surface area contributed by atoms with Gasteiger partial charge >= 0.3 is 12.0 Å². The first kappa shape index (κ1) is 15.4. The van der Waals surface area contributed by atoms with Crippen LogP contribution in [0.25, 0.3) is 0 Å². The second-order valence-electron chi connectivity index (χ2n) is 3.46. The maximum atomic E-state index is 12.0. The molecule has 9 heteroatoms. The molecule has 0 aliphatic carbocycles. The summed E-state index contributed by atoms with van der Waals surface area (Å²) < 4.78 is 39.7. The number of hydrogen-bond donors (Lipinski definition) is 0. The first-order valence-corrected chi connectivity index (χ1v) is 5.96. The van der Waals surface area contributed by atoms with E-state index in [9.17, 15) is 28.1 Å². The normalized spacial score (nSPS) is 11.2. The summed E-state index contributed by atoms with van der Waals surface area (Å²) in [4.78, 5) is 20.8. The molecule has 0 aromatic heterocycles. The van der Waals surface area contributed by atoms with Gasteiger partial charge in [-0.25, -0.2) is 0 Å². The van der Waals surface area contributed by atoms with E-state index in [1.807, 2.05) is 0 Å². The molecule has 0 fully saturated rings. The van der Waals surface area contributed by atoms with Crippen LogP contribution in [0, 0.1) is 10.1 Å². The van der Waals surface area contributed by atoms with Crippen molar-refractivity contribution in [3.8, 4) is 5.75 Å². The summed E-state index contributed by atoms with van der Waals surface area (Å²) in [5.74, 6) is -1.16. The number of carbonyl (C=O) groups excluding carboxylic acids is 1. The summed E-state index contributed by atoms with van der Waals surface area (Å²) in [5.41, 5.74) is -0.595. The molecule has 0 heterocycles. The molecule has 0 saturated carbocycles. The molecule has 0 N–H and O–H groups in total. The van der Waals surface area contributed by atoms with Crippen molar-refractivity contribution in [1.29, 1.82) is 0 Å². The minimum Gasteiger partial charge on any atom is -0.398 e. The zero-order chi connectivity index (χ0) is 14.6. The highest BCUT2D eigenvalue weighted by Crippen LogP contribution is 2.32. The number of ether oxygens (including phenoxy) is 1. The van der Waals surface area contributed by atoms with Gasteiger partial charge in [0, 0.05) is 12.5 Å². The van der Waals surface area contributed by atoms with Crippen molar-refractivity contribution in [3.05, 3.63) is 33.9 Å². The van der Waals surface area contributed by atoms with E-state index >= 15 is 0 Å². The molecule has 1 aromatic carbocycles. The Morgan fingerprint density at radius 2 is 2.05 bits per heavy atom. The molecule has 1 aromatic rings. The third kappa shape index (κ3) is 4.86. The Morgan fingerprint density at radius 1 is 1.42 bits per heavy atom. The zero-order valence-electron chi connectivity index (χ0n) is 9.24. The number of nitro groups is 1. The molecule has 5 nitrogen and oxygen atoms in total. The van der Waals surface area contributed by atoms with Crippen molar-refractivity contribution >= 4 is 27.4 Å². The average Bonchev–Trinajstić information content (AvgIpc) is 2.28. The average molecular weight is 342 g/mol. The lowest BCUT2D eigenvalue weighted by Gasteiger charge is -2.09. The Labute approximate surface area is 113 Å². The van der Waals surface area contributed by atoms with Crippen LogP contribution in [-0.4, -0.2) is 22.4 Å². The summed E-state index contributed by atoms with van der Waals surface area (Å²) in [6.45, 7) is 0. The second kappa shape index (κ2) is 6.00. The number of rotatable bonds is 5. The topological polar surface area (TPSA) is 69.4 Å². The Balaban J connectivity index is 3.08. The highest BCUT2D eigenvalue weighted by molar-refractivity contribution is 9.09. The molecule has 0 aliphatic heterocycles. The number of alkyl halides is 4. The molecule has 104 valence electrons. The number of carbonyl (C=O) groups is 1. The zero-order valence-corrected chi connectivity index (χ0v) is 10.8. The van der Waals surface area contributed by atoms with Gasteiger partial charge in [-0.2, -0.15) is 0 Å². The minimum atomic E-state index is -5.02. The van der Waals surface area contributed by atoms with Crippen molar-refractivity contribution in [1.82, 2.24) is 0 Å². The molecular weight excluding hydrogens is 335 g/mol. The molecule has 0 aliphatic rings. The van der Waals surface area contributed by atoms with E-state index in [4.69, 9.17) is 0 Å². The van der Waals surface area contributed by atoms with Crippen LogP contribution >= 0.6 is 15.9 Å². The van der Waals surface area contributed by atoms with Crippen LogP contribution in [0.2, 0.25) is 0 Å². The number of halogens is 4. The molecule has 0 atom stereocenters. The maximum Gasteiger partial charge on any atom is 0.573 e. The summed E-state index contributed by atoms with van der Waals surface area (Å²) in [7, 11) is 0. The lowest BCUT2D eigenvalue weighted by atomic mass is 10.1. The first-order chi connectivity index (χ1) is 8.73. The van der Waals surface area contributed by atoms with Gasteiger partial charge in [-0.1, -0.05) is 22.0 Å². The van der Waals surface area contributed by atoms with Crippen LogP contribution in [0.4, 0.5) is 18.9 Å². The van der Waals surface area contributed by atoms with E-state index in [1.54, 1.807) is 0 Å². The maximum absolute atomic E-state index is 12.0. The van der Waals surface area contributed by atoms with Crippen LogP contribution < -0.4 is 4.74 Å². The summed E-state index contributed by atoms with van der Waals surface area (Å²) in [5, 5.41) is 10.7. The van der Waals surface area contributed by atoms with Crippen LogP contribution in [-0.2, 0) is 11.2 Å². The van der Waals surface area contributed by atoms with Gasteiger partial charge in [0.05, 0.1) is 10.3 Å². The van der Waals surface area contributed by atoms with Gasteiger partial charge < -0.3 is 4.74 Å². The van der Waals surface area contributed by atoms with Crippen LogP contribution in [0.1, 0.15) is 5.56 Å². The van der Waals surface area contributed by atoms with Gasteiger partial charge in [-0.3, -0.25) is 14.9 Å². The standard InChI is InChI=1S/C10H7BrF3NO4/c11-5-7(16)3-6-1-2-9(19-10(12,13)14)8(4-6)15(17)18/h1-2,4H,3,5H2. The van der Waals surface area contributed by atoms with Gasteiger partial charge in [0.25, 0.3) is 0 Å². The Bertz CT molecular complexity index is 504. The third-order valence-electron chi connectivity index (χ3n) is 2.00. The van der Waals surface area contributed by atoms with Gasteiger partial charge in [0.1, 0.15) is 5.78 Å². The van der Waals surface area contributed by atoms with Gasteiger partial charge in [-0.15, -0.1) is 13.2 Å². The predicted molar refractivity (Wildman–Crippen MR) is 62.3 cm³/mol. The number of Topliss-reactive ketones (excluding diaryl/α,β-unsaturated/α-hetero) is 1. The third-order valence-corrected chi connectivity index (χ3v) is 2.62. The number of hydrogen-bond acceptors (Lipinski definition) is 4. The largest absolute Gasteiger partial charge is 0.573 e. The lowest BCUT2D eigenvalue weighted by Crippen LogP contribution is -2.18. The van der Waals surface area contributed by atoms with E-state index in [1.165, 1.54) is 6.07 Å². The molecule has 0 saturated heterocycles. The Morgan fingerprint density at radius 3 is 2.53 bits per heavy atom. The van der Waals surface area contributed by atoms with E-state index in [-0.39, 0.29) is 23.1 Å². The predicted octanol–water partition coefficient (Wildman–Crippen LogP) is 3.00. The van der Waals surface area contributed by atoms with Crippen molar-refractivity contribution in [2.75, 3.05) is 5.33 Å². The fourth-order valence-electron chi connectivity index (χ4n) is 1.30. The summed E-state index contributed by atoms with van der Waals surface area (Å²) in [6, 6.07) is 2.89. The number of nitrogens with zero attached hydrogens (tertiary/aromatic N) is 1. The molecular formula is C10H7BrF3NO4. The Hall–Kier alpha value is -1.64. The summed E-state index contributed by atoms with van der Waals surface area (Å²) in [6.07, 6.45) is -5.13. The van der Waals surface area contributed by atoms with Crippen molar-refractivity contribution in [2.45, 2.75) is 12.8 Å². The van der Waals surface area contributed by atoms with Crippen LogP contribution in [0.15, 0.2) is 18.2 Å². The van der Waals surface area contributed by atoms with Crippen LogP contribution in [0.5, 0.6) is 5.75 Å². The number of ketones is 1. The van der Waals surface area contributed by atoms with Crippen molar-refractivity contribution < 1.29 is 27.6 Å². The van der Waals surface area contributed by atoms with E-state index < -0.39 is 22.7 Å². The SMILES string of the molecule is O=C(CBr)Cc1ccc(OC(F)(F)F)c([N+](=O)[O-])c1. The van der Waals surface area contributed by atoms with Crippen molar-refractivity contribution in [2.24, 2.45) is 0 Å². The van der Waals surface area contributed by atoms with Gasteiger partial charge in [-0.05, 0) is 11.6 Å². The minimum absolute atomic E-state index is 0.0571. The molecule has 19 heavy (non-hydrogen) atoms.